The number of ether oxygens (including phenoxy) is 1. The van der Waals surface area contributed by atoms with E-state index in [1.807, 2.05) is 0 Å². The molecule has 0 saturated heterocycles. The van der Waals surface area contributed by atoms with Gasteiger partial charge in [0.25, 0.3) is 0 Å². The number of nitriles is 3. The summed E-state index contributed by atoms with van der Waals surface area (Å²) in [6, 6.07) is 4.35. The molecule has 78 valence electrons. The topological polar surface area (TPSA) is 120 Å². The van der Waals surface area contributed by atoms with Crippen LogP contribution in [0.2, 0.25) is 0 Å². The third kappa shape index (κ3) is 2.82. The Hall–Kier alpha value is -2.87. The van der Waals surface area contributed by atoms with Gasteiger partial charge in [0.2, 0.25) is 0 Å². The summed E-state index contributed by atoms with van der Waals surface area (Å²) in [4.78, 5) is 11.2. The fraction of sp³-hybridized carbons (Fsp3) is 0.200. The van der Waals surface area contributed by atoms with Crippen molar-refractivity contribution >= 4 is 11.8 Å². The molecule has 0 atom stereocenters. The van der Waals surface area contributed by atoms with Gasteiger partial charge >= 0.3 is 5.97 Å². The van der Waals surface area contributed by atoms with E-state index < -0.39 is 22.7 Å². The Morgan fingerprint density at radius 2 is 1.75 bits per heavy atom. The molecule has 0 aromatic carbocycles. The van der Waals surface area contributed by atoms with Crippen molar-refractivity contribution in [2.24, 2.45) is 0 Å². The van der Waals surface area contributed by atoms with Gasteiger partial charge in [-0.05, 0) is 6.92 Å². The smallest absolute Gasteiger partial charge is 0.350 e. The molecule has 0 aromatic heterocycles. The maximum Gasteiger partial charge on any atom is 0.350 e. The van der Waals surface area contributed by atoms with Crippen LogP contribution in [0.1, 0.15) is 6.92 Å². The van der Waals surface area contributed by atoms with Crippen LogP contribution >= 0.6 is 0 Å². The summed E-state index contributed by atoms with van der Waals surface area (Å²) in [6.45, 7) is 1.55. The highest BCUT2D eigenvalue weighted by Gasteiger charge is 2.18. The zero-order chi connectivity index (χ0) is 12.6. The van der Waals surface area contributed by atoms with Crippen molar-refractivity contribution in [1.82, 2.24) is 0 Å². The molecule has 0 rings (SSSR count). The average molecular weight is 213 g/mol. The lowest BCUT2D eigenvalue weighted by Crippen LogP contribution is -2.09. The highest BCUT2D eigenvalue weighted by molar-refractivity contribution is 5.97. The normalized spacial score (nSPS) is 9.62. The number of hydrogen-bond acceptors (Lipinski definition) is 5. The number of carbonyl (C=O) groups excluding carboxylic acids is 1. The lowest BCUT2D eigenvalue weighted by molar-refractivity contribution is -0.138. The first-order valence-corrected chi connectivity index (χ1v) is 4.05. The molecule has 0 bridgehead atoms. The largest absolute Gasteiger partial charge is 0.762 e. The van der Waals surface area contributed by atoms with Crippen molar-refractivity contribution in [2.75, 3.05) is 6.61 Å². The Labute approximate surface area is 91.8 Å². The van der Waals surface area contributed by atoms with Crippen LogP contribution in [0.3, 0.4) is 0 Å². The van der Waals surface area contributed by atoms with Gasteiger partial charge in [-0.2, -0.15) is 15.8 Å². The van der Waals surface area contributed by atoms with E-state index in [2.05, 4.69) is 4.74 Å². The minimum atomic E-state index is -1.02. The van der Waals surface area contributed by atoms with E-state index in [1.165, 1.54) is 31.0 Å². The standard InChI is InChI=1S/C10H5N4O2/c1-2-16-10(15)9(6-14)8(5-13)7(3-11)4-12/h2H2,1H3/q-1/b9-8+. The lowest BCUT2D eigenvalue weighted by atomic mass is 10.0. The molecule has 16 heavy (non-hydrogen) atoms. The van der Waals surface area contributed by atoms with Crippen molar-refractivity contribution in [1.29, 1.82) is 15.8 Å². The zero-order valence-corrected chi connectivity index (χ0v) is 8.31. The fourth-order valence-electron chi connectivity index (χ4n) is 0.780. The predicted molar refractivity (Wildman–Crippen MR) is 52.4 cm³/mol. The van der Waals surface area contributed by atoms with E-state index in [0.717, 1.165) is 0 Å². The van der Waals surface area contributed by atoms with Crippen LogP contribution in [0.25, 0.3) is 5.41 Å². The van der Waals surface area contributed by atoms with E-state index in [4.69, 9.17) is 21.2 Å². The maximum absolute atomic E-state index is 11.2. The van der Waals surface area contributed by atoms with Crippen LogP contribution in [-0.4, -0.2) is 18.4 Å². The van der Waals surface area contributed by atoms with Crippen molar-refractivity contribution in [2.45, 2.75) is 6.92 Å². The Morgan fingerprint density at radius 1 is 1.19 bits per heavy atom. The Kier molecular flexibility index (Phi) is 5.39. The summed E-state index contributed by atoms with van der Waals surface area (Å²) in [7, 11) is 0. The van der Waals surface area contributed by atoms with Gasteiger partial charge in [-0.3, -0.25) is 0 Å². The van der Waals surface area contributed by atoms with Gasteiger partial charge < -0.3 is 10.1 Å². The van der Waals surface area contributed by atoms with Crippen LogP contribution in [0.5, 0.6) is 0 Å². The summed E-state index contributed by atoms with van der Waals surface area (Å²) in [5, 5.41) is 34.4. The van der Waals surface area contributed by atoms with Gasteiger partial charge in [0.1, 0.15) is 23.8 Å². The molecule has 0 aromatic rings. The zero-order valence-electron chi connectivity index (χ0n) is 8.31. The maximum atomic E-state index is 11.2. The van der Waals surface area contributed by atoms with Crippen LogP contribution < -0.4 is 0 Å². The van der Waals surface area contributed by atoms with Crippen molar-refractivity contribution < 1.29 is 9.53 Å². The summed E-state index contributed by atoms with van der Waals surface area (Å²) in [5.41, 5.74) is -1.79. The SMILES string of the molecule is CCOC(=O)/C(C#N)=C(\C#N)C(=C=[N-])C#N. The van der Waals surface area contributed by atoms with Gasteiger partial charge in [0, 0.05) is 0 Å². The van der Waals surface area contributed by atoms with Gasteiger partial charge in [-0.25, -0.2) is 10.7 Å². The summed E-state index contributed by atoms with van der Waals surface area (Å²) in [6.07, 6.45) is 0. The molecule has 0 amide bonds. The molecular formula is C10H5N4O2-. The minimum Gasteiger partial charge on any atom is -0.762 e. The molecule has 0 unspecified atom stereocenters. The molecule has 0 aliphatic heterocycles. The third-order valence-corrected chi connectivity index (χ3v) is 1.43. The first-order valence-electron chi connectivity index (χ1n) is 4.05. The third-order valence-electron chi connectivity index (χ3n) is 1.43. The second kappa shape index (κ2) is 6.56. The van der Waals surface area contributed by atoms with E-state index in [9.17, 15) is 4.79 Å². The van der Waals surface area contributed by atoms with Crippen LogP contribution in [0.15, 0.2) is 16.7 Å². The highest BCUT2D eigenvalue weighted by Crippen LogP contribution is 2.12. The first-order chi connectivity index (χ1) is 7.65. The summed E-state index contributed by atoms with van der Waals surface area (Å²) >= 11 is 0. The van der Waals surface area contributed by atoms with Crippen molar-refractivity contribution in [3.8, 4) is 18.2 Å². The van der Waals surface area contributed by atoms with Gasteiger partial charge in [-0.15, -0.1) is 0 Å². The molecule has 0 radical (unpaired) electrons. The number of esters is 1. The quantitative estimate of drug-likeness (QED) is 0.223. The molecule has 0 heterocycles. The van der Waals surface area contributed by atoms with Gasteiger partial charge in [0.05, 0.1) is 12.2 Å². The number of nitrogens with zero attached hydrogens (tertiary/aromatic N) is 4. The molecular weight excluding hydrogens is 208 g/mol. The fourth-order valence-corrected chi connectivity index (χ4v) is 0.780. The lowest BCUT2D eigenvalue weighted by Gasteiger charge is -2.01. The Balaban J connectivity index is 5.73. The van der Waals surface area contributed by atoms with Crippen LogP contribution in [0, 0.1) is 34.0 Å². The van der Waals surface area contributed by atoms with E-state index in [1.54, 1.807) is 0 Å². The van der Waals surface area contributed by atoms with E-state index >= 15 is 0 Å². The summed E-state index contributed by atoms with van der Waals surface area (Å²) < 4.78 is 4.51. The predicted octanol–water partition coefficient (Wildman–Crippen LogP) is 0.582. The van der Waals surface area contributed by atoms with Gasteiger partial charge in [0.15, 0.2) is 5.57 Å². The molecule has 0 saturated carbocycles. The van der Waals surface area contributed by atoms with Crippen LogP contribution in [0.4, 0.5) is 0 Å². The van der Waals surface area contributed by atoms with Crippen molar-refractivity contribution in [3.05, 3.63) is 22.1 Å². The second-order valence-corrected chi connectivity index (χ2v) is 2.29. The number of hydrogen-bond donors (Lipinski definition) is 0. The Bertz CT molecular complexity index is 504. The van der Waals surface area contributed by atoms with Crippen molar-refractivity contribution in [3.63, 3.8) is 0 Å². The van der Waals surface area contributed by atoms with E-state index in [-0.39, 0.29) is 6.61 Å². The van der Waals surface area contributed by atoms with E-state index in [0.29, 0.717) is 0 Å². The van der Waals surface area contributed by atoms with Crippen LogP contribution in [-0.2, 0) is 9.53 Å². The molecule has 0 N–H and O–H groups in total. The van der Waals surface area contributed by atoms with Gasteiger partial charge in [-0.1, -0.05) is 0 Å². The number of carbonyl (C=O) groups is 1. The Morgan fingerprint density at radius 3 is 2.06 bits per heavy atom. The monoisotopic (exact) mass is 213 g/mol. The number of rotatable bonds is 3. The highest BCUT2D eigenvalue weighted by atomic mass is 16.5. The molecule has 6 nitrogen and oxygen atoms in total. The second-order valence-electron chi connectivity index (χ2n) is 2.29. The molecule has 0 fully saturated rings. The number of allylic oxidation sites excluding steroid dienone is 2. The average Bonchev–Trinajstić information content (AvgIpc) is 2.29. The minimum absolute atomic E-state index is 0.0250. The molecule has 0 aliphatic carbocycles. The molecule has 6 heteroatoms. The molecule has 0 spiro atoms. The summed E-state index contributed by atoms with van der Waals surface area (Å²) in [5.74, 6) is 0.407. The molecule has 0 aliphatic rings. The first kappa shape index (κ1) is 13.1.